The number of aryl methyl sites for hydroxylation is 1. The average Bonchev–Trinajstić information content (AvgIpc) is 2.96. The normalized spacial score (nSPS) is 19.9. The lowest BCUT2D eigenvalue weighted by Gasteiger charge is -2.28. The monoisotopic (exact) mass is 393 g/mol. The van der Waals surface area contributed by atoms with Crippen LogP contribution in [0.15, 0.2) is 24.3 Å². The van der Waals surface area contributed by atoms with E-state index in [1.165, 1.54) is 21.8 Å². The van der Waals surface area contributed by atoms with Gasteiger partial charge < -0.3 is 15.0 Å². The van der Waals surface area contributed by atoms with E-state index in [-0.39, 0.29) is 11.9 Å². The molecule has 0 radical (unpaired) electrons. The molecule has 2 N–H and O–H groups in total. The third-order valence-electron chi connectivity index (χ3n) is 4.52. The molecule has 0 spiro atoms. The minimum Gasteiger partial charge on any atom is -0.466 e. The van der Waals surface area contributed by atoms with Crippen LogP contribution in [0.1, 0.15) is 25.3 Å². The van der Waals surface area contributed by atoms with Crippen LogP contribution in [-0.2, 0) is 16.2 Å². The van der Waals surface area contributed by atoms with Gasteiger partial charge in [0.15, 0.2) is 10.6 Å². The van der Waals surface area contributed by atoms with Crippen molar-refractivity contribution in [2.75, 3.05) is 25.0 Å². The number of carbonyl (C=O) groups is 1. The number of esters is 1. The molecule has 1 aliphatic heterocycles. The van der Waals surface area contributed by atoms with E-state index in [4.69, 9.17) is 17.0 Å². The van der Waals surface area contributed by atoms with E-state index >= 15 is 0 Å². The van der Waals surface area contributed by atoms with Crippen LogP contribution < -0.4 is 10.2 Å². The first-order valence-corrected chi connectivity index (χ1v) is 10.2. The minimum absolute atomic E-state index is 0.0170. The number of hydrogen-bond acceptors (Lipinski definition) is 6. The van der Waals surface area contributed by atoms with Crippen molar-refractivity contribution in [2.45, 2.75) is 33.4 Å². The second kappa shape index (κ2) is 8.75. The Kier molecular flexibility index (Phi) is 6.39. The summed E-state index contributed by atoms with van der Waals surface area (Å²) >= 11 is 6.94. The highest BCUT2D eigenvalue weighted by molar-refractivity contribution is 7.73. The number of likely N-dealkylation sites (tertiary alicyclic amines) is 1. The number of quaternary nitrogens is 1. The van der Waals surface area contributed by atoms with Gasteiger partial charge in [0.05, 0.1) is 19.7 Å². The van der Waals surface area contributed by atoms with Crippen LogP contribution >= 0.6 is 23.6 Å². The highest BCUT2D eigenvalue weighted by Crippen LogP contribution is 2.20. The minimum atomic E-state index is -0.0756. The van der Waals surface area contributed by atoms with Crippen molar-refractivity contribution in [3.63, 3.8) is 0 Å². The van der Waals surface area contributed by atoms with E-state index in [0.717, 1.165) is 40.7 Å². The molecule has 140 valence electrons. The number of hydrogen-bond donors (Lipinski definition) is 2. The maximum absolute atomic E-state index is 12.0. The number of rotatable bonds is 6. The zero-order valence-electron chi connectivity index (χ0n) is 15.2. The molecule has 0 bridgehead atoms. The molecule has 0 saturated carbocycles. The van der Waals surface area contributed by atoms with Gasteiger partial charge in [-0.2, -0.15) is 4.68 Å². The first-order valence-electron chi connectivity index (χ1n) is 8.97. The van der Waals surface area contributed by atoms with Crippen LogP contribution in [0.25, 0.3) is 0 Å². The van der Waals surface area contributed by atoms with Gasteiger partial charge in [-0.15, -0.1) is 5.10 Å². The molecule has 26 heavy (non-hydrogen) atoms. The summed E-state index contributed by atoms with van der Waals surface area (Å²) in [5, 5.41) is 8.71. The summed E-state index contributed by atoms with van der Waals surface area (Å²) < 4.78 is 7.78. The molecule has 1 unspecified atom stereocenters. The van der Waals surface area contributed by atoms with Crippen molar-refractivity contribution in [1.29, 1.82) is 0 Å². The Labute approximate surface area is 162 Å². The van der Waals surface area contributed by atoms with Crippen molar-refractivity contribution < 1.29 is 14.4 Å². The van der Waals surface area contributed by atoms with Crippen molar-refractivity contribution in [2.24, 2.45) is 5.92 Å². The smallest absolute Gasteiger partial charge is 0.314 e. The van der Waals surface area contributed by atoms with Gasteiger partial charge in [0.25, 0.3) is 0 Å². The van der Waals surface area contributed by atoms with Crippen molar-refractivity contribution in [1.82, 2.24) is 9.78 Å². The summed E-state index contributed by atoms with van der Waals surface area (Å²) in [6, 6.07) is 8.19. The summed E-state index contributed by atoms with van der Waals surface area (Å²) in [5.74, 6) is -0.0926. The molecule has 1 aliphatic rings. The standard InChI is InChI=1S/C18H24N4O2S2/c1-3-24-16(23)14-5-4-10-21(11-14)12-22-18(25)26-17(20-22)19-15-8-6-13(2)7-9-15/h6-9,14H,3-5,10-12H2,1-2H3,(H,19,20)/p+1/t14-/m0/s1. The van der Waals surface area contributed by atoms with Crippen molar-refractivity contribution in [3.05, 3.63) is 33.8 Å². The molecule has 1 aromatic carbocycles. The Hall–Kier alpha value is -1.77. The summed E-state index contributed by atoms with van der Waals surface area (Å²) in [6.45, 7) is 6.83. The fraction of sp³-hybridized carbons (Fsp3) is 0.500. The van der Waals surface area contributed by atoms with Crippen LogP contribution in [0.5, 0.6) is 0 Å². The first kappa shape index (κ1) is 19.0. The molecule has 2 heterocycles. The molecular formula is C18H25N4O2S2+. The summed E-state index contributed by atoms with van der Waals surface area (Å²) in [4.78, 5) is 13.3. The molecule has 1 saturated heterocycles. The topological polar surface area (TPSA) is 60.6 Å². The molecule has 0 aliphatic carbocycles. The lowest BCUT2D eigenvalue weighted by Crippen LogP contribution is -3.13. The maximum Gasteiger partial charge on any atom is 0.314 e. The van der Waals surface area contributed by atoms with Gasteiger partial charge in [0.2, 0.25) is 5.13 Å². The Balaban J connectivity index is 1.63. The Morgan fingerprint density at radius 1 is 1.46 bits per heavy atom. The molecule has 1 fully saturated rings. The molecule has 2 atom stereocenters. The van der Waals surface area contributed by atoms with Crippen LogP contribution in [-0.4, -0.2) is 35.4 Å². The van der Waals surface area contributed by atoms with E-state index in [0.29, 0.717) is 13.3 Å². The van der Waals surface area contributed by atoms with E-state index < -0.39 is 0 Å². The van der Waals surface area contributed by atoms with Gasteiger partial charge in [-0.1, -0.05) is 29.0 Å². The van der Waals surface area contributed by atoms with E-state index in [9.17, 15) is 4.79 Å². The lowest BCUT2D eigenvalue weighted by atomic mass is 9.99. The van der Waals surface area contributed by atoms with Gasteiger partial charge in [-0.05, 0) is 51.0 Å². The Bertz CT molecular complexity index is 800. The van der Waals surface area contributed by atoms with Gasteiger partial charge in [-0.3, -0.25) is 4.79 Å². The van der Waals surface area contributed by atoms with Gasteiger partial charge in [-0.25, -0.2) is 0 Å². The van der Waals surface area contributed by atoms with Crippen LogP contribution in [0.4, 0.5) is 10.8 Å². The third-order valence-corrected chi connectivity index (χ3v) is 5.74. The second-order valence-corrected chi connectivity index (χ2v) is 8.24. The van der Waals surface area contributed by atoms with Gasteiger partial charge >= 0.3 is 5.97 Å². The Morgan fingerprint density at radius 2 is 2.23 bits per heavy atom. The lowest BCUT2D eigenvalue weighted by molar-refractivity contribution is -0.930. The predicted molar refractivity (Wildman–Crippen MR) is 105 cm³/mol. The van der Waals surface area contributed by atoms with Crippen LogP contribution in [0.2, 0.25) is 0 Å². The first-order chi connectivity index (χ1) is 12.5. The van der Waals surface area contributed by atoms with Crippen molar-refractivity contribution in [3.8, 4) is 0 Å². The van der Waals surface area contributed by atoms with Crippen LogP contribution in [0.3, 0.4) is 0 Å². The molecule has 3 rings (SSSR count). The number of ether oxygens (including phenoxy) is 1. The maximum atomic E-state index is 12.0. The molecule has 6 nitrogen and oxygen atoms in total. The van der Waals surface area contributed by atoms with E-state index in [1.54, 1.807) is 0 Å². The molecule has 0 amide bonds. The fourth-order valence-corrected chi connectivity index (χ4v) is 4.21. The fourth-order valence-electron chi connectivity index (χ4n) is 3.18. The number of carbonyl (C=O) groups excluding carboxylic acids is 1. The van der Waals surface area contributed by atoms with Crippen LogP contribution in [0, 0.1) is 16.8 Å². The number of nitrogens with zero attached hydrogens (tertiary/aromatic N) is 2. The summed E-state index contributed by atoms with van der Waals surface area (Å²) in [7, 11) is 0. The largest absolute Gasteiger partial charge is 0.466 e. The van der Waals surface area contributed by atoms with Gasteiger partial charge in [0, 0.05) is 5.69 Å². The molecule has 8 heteroatoms. The van der Waals surface area contributed by atoms with Gasteiger partial charge in [0.1, 0.15) is 5.92 Å². The highest BCUT2D eigenvalue weighted by atomic mass is 32.1. The SMILES string of the molecule is CCOC(=O)[C@H]1CCC[NH+](Cn2nc(Nc3ccc(C)cc3)sc2=S)C1. The summed E-state index contributed by atoms with van der Waals surface area (Å²) in [5.41, 5.74) is 2.22. The molecule has 1 aromatic heterocycles. The Morgan fingerprint density at radius 3 is 2.96 bits per heavy atom. The van der Waals surface area contributed by atoms with E-state index in [1.807, 2.05) is 23.7 Å². The number of nitrogens with one attached hydrogen (secondary N) is 2. The zero-order valence-corrected chi connectivity index (χ0v) is 16.8. The summed E-state index contributed by atoms with van der Waals surface area (Å²) in [6.07, 6.45) is 1.93. The predicted octanol–water partition coefficient (Wildman–Crippen LogP) is 2.54. The number of aromatic nitrogens is 2. The zero-order chi connectivity index (χ0) is 18.5. The number of anilines is 2. The molecule has 2 aromatic rings. The molecular weight excluding hydrogens is 368 g/mol. The quantitative estimate of drug-likeness (QED) is 0.583. The number of benzene rings is 1. The third kappa shape index (κ3) is 4.90. The van der Waals surface area contributed by atoms with E-state index in [2.05, 4.69) is 29.5 Å². The number of piperidine rings is 1. The highest BCUT2D eigenvalue weighted by Gasteiger charge is 2.30. The second-order valence-electron chi connectivity index (χ2n) is 6.62. The average molecular weight is 394 g/mol. The van der Waals surface area contributed by atoms with Crippen molar-refractivity contribution >= 4 is 40.3 Å².